The molecule has 0 aromatic heterocycles. The Morgan fingerprint density at radius 3 is 2.00 bits per heavy atom. The van der Waals surface area contributed by atoms with Crippen LogP contribution in [-0.2, 0) is 9.78 Å². The van der Waals surface area contributed by atoms with Crippen molar-refractivity contribution >= 4 is 5.97 Å². The van der Waals surface area contributed by atoms with Crippen LogP contribution < -0.4 is 10.8 Å². The molecule has 0 atom stereocenters. The fourth-order valence-corrected chi connectivity index (χ4v) is 1.85. The predicted octanol–water partition coefficient (Wildman–Crippen LogP) is 2.17. The molecule has 6 nitrogen and oxygen atoms in total. The molecule has 0 spiro atoms. The van der Waals surface area contributed by atoms with Crippen molar-refractivity contribution in [3.8, 4) is 0 Å². The van der Waals surface area contributed by atoms with Crippen molar-refractivity contribution in [3.63, 3.8) is 0 Å². The van der Waals surface area contributed by atoms with Crippen LogP contribution in [0.15, 0.2) is 0 Å². The summed E-state index contributed by atoms with van der Waals surface area (Å²) in [4.78, 5) is 14.0. The first-order valence-electron chi connectivity index (χ1n) is 7.23. The summed E-state index contributed by atoms with van der Waals surface area (Å²) in [5.41, 5.74) is 2.38. The molecule has 19 heavy (non-hydrogen) atoms. The minimum absolute atomic E-state index is 0.303. The zero-order chi connectivity index (χ0) is 14.2. The molecule has 0 aliphatic rings. The molecule has 0 fully saturated rings. The fraction of sp³-hybridized carbons (Fsp3) is 0.923. The van der Waals surface area contributed by atoms with Gasteiger partial charge in [0.05, 0.1) is 0 Å². The smallest absolute Gasteiger partial charge is 0.303 e. The SMILES string of the molecule is O=C(O)CCCCCCCCNCCCCNOO. The molecule has 0 bridgehead atoms. The average Bonchev–Trinajstić information content (AvgIpc) is 2.39. The molecule has 0 amide bonds. The minimum atomic E-state index is -0.690. The second-order valence-corrected chi connectivity index (χ2v) is 4.71. The molecular weight excluding hydrogens is 248 g/mol. The Morgan fingerprint density at radius 2 is 1.37 bits per heavy atom. The molecule has 6 heteroatoms. The first-order chi connectivity index (χ1) is 9.27. The monoisotopic (exact) mass is 276 g/mol. The van der Waals surface area contributed by atoms with Gasteiger partial charge in [-0.25, -0.2) is 5.26 Å². The Hall–Kier alpha value is -0.690. The molecule has 114 valence electrons. The molecule has 0 radical (unpaired) electrons. The van der Waals surface area contributed by atoms with Crippen LogP contribution >= 0.6 is 0 Å². The third-order valence-electron chi connectivity index (χ3n) is 2.94. The quantitative estimate of drug-likeness (QED) is 0.208. The van der Waals surface area contributed by atoms with Crippen LogP contribution in [0.4, 0.5) is 0 Å². The maximum absolute atomic E-state index is 10.3. The van der Waals surface area contributed by atoms with E-state index in [1.807, 2.05) is 0 Å². The summed E-state index contributed by atoms with van der Waals surface area (Å²) in [5, 5.41) is 19.9. The molecule has 0 aliphatic heterocycles. The Kier molecular flexibility index (Phi) is 14.8. The molecule has 0 aliphatic carbocycles. The highest BCUT2D eigenvalue weighted by molar-refractivity contribution is 5.66. The van der Waals surface area contributed by atoms with Gasteiger partial charge in [0.15, 0.2) is 0 Å². The van der Waals surface area contributed by atoms with Gasteiger partial charge in [0.1, 0.15) is 0 Å². The van der Waals surface area contributed by atoms with Crippen molar-refractivity contribution in [1.29, 1.82) is 0 Å². The molecule has 0 rings (SSSR count). The van der Waals surface area contributed by atoms with Crippen LogP contribution in [0.1, 0.15) is 57.8 Å². The normalized spacial score (nSPS) is 10.8. The zero-order valence-corrected chi connectivity index (χ0v) is 11.7. The number of aliphatic carboxylic acids is 1. The van der Waals surface area contributed by atoms with Crippen molar-refractivity contribution < 1.29 is 20.1 Å². The Bertz CT molecular complexity index is 203. The lowest BCUT2D eigenvalue weighted by atomic mass is 10.1. The zero-order valence-electron chi connectivity index (χ0n) is 11.7. The van der Waals surface area contributed by atoms with E-state index in [0.717, 1.165) is 45.2 Å². The standard InChI is InChI=1S/C13H28N2O4/c16-13(17)9-5-3-1-2-4-6-10-14-11-7-8-12-15-19-18/h14-15,18H,1-12H2,(H,16,17). The van der Waals surface area contributed by atoms with E-state index in [0.29, 0.717) is 13.0 Å². The molecule has 0 unspecified atom stereocenters. The summed E-state index contributed by atoms with van der Waals surface area (Å²) in [5.74, 6) is -0.690. The lowest BCUT2D eigenvalue weighted by molar-refractivity contribution is -0.291. The molecular formula is C13H28N2O4. The van der Waals surface area contributed by atoms with E-state index in [-0.39, 0.29) is 0 Å². The molecule has 0 aromatic rings. The number of hydrogen-bond donors (Lipinski definition) is 4. The van der Waals surface area contributed by atoms with Crippen LogP contribution in [-0.4, -0.2) is 36.0 Å². The molecule has 0 heterocycles. The van der Waals surface area contributed by atoms with Crippen molar-refractivity contribution in [2.75, 3.05) is 19.6 Å². The van der Waals surface area contributed by atoms with E-state index < -0.39 is 5.97 Å². The Labute approximate surface area is 115 Å². The van der Waals surface area contributed by atoms with Gasteiger partial charge >= 0.3 is 5.97 Å². The van der Waals surface area contributed by atoms with Crippen LogP contribution in [0.3, 0.4) is 0 Å². The van der Waals surface area contributed by atoms with E-state index in [9.17, 15) is 4.79 Å². The highest BCUT2D eigenvalue weighted by Gasteiger charge is 1.96. The van der Waals surface area contributed by atoms with Crippen molar-refractivity contribution in [3.05, 3.63) is 0 Å². The van der Waals surface area contributed by atoms with Gasteiger partial charge in [-0.3, -0.25) is 4.79 Å². The predicted molar refractivity (Wildman–Crippen MR) is 73.8 cm³/mol. The third kappa shape index (κ3) is 17.3. The Balaban J connectivity index is 2.93. The van der Waals surface area contributed by atoms with E-state index in [4.69, 9.17) is 10.4 Å². The lowest BCUT2D eigenvalue weighted by Crippen LogP contribution is -2.19. The highest BCUT2D eigenvalue weighted by Crippen LogP contribution is 2.06. The summed E-state index contributed by atoms with van der Waals surface area (Å²) in [6.45, 7) is 2.69. The van der Waals surface area contributed by atoms with Crippen LogP contribution in [0.25, 0.3) is 0 Å². The minimum Gasteiger partial charge on any atom is -0.481 e. The summed E-state index contributed by atoms with van der Waals surface area (Å²) in [6.07, 6.45) is 8.88. The maximum atomic E-state index is 10.3. The summed E-state index contributed by atoms with van der Waals surface area (Å²) in [6, 6.07) is 0. The van der Waals surface area contributed by atoms with Gasteiger partial charge in [-0.1, -0.05) is 25.7 Å². The number of carbonyl (C=O) groups is 1. The average molecular weight is 276 g/mol. The van der Waals surface area contributed by atoms with Gasteiger partial charge in [0.25, 0.3) is 0 Å². The molecule has 0 saturated carbocycles. The maximum Gasteiger partial charge on any atom is 0.303 e. The van der Waals surface area contributed by atoms with Crippen molar-refractivity contribution in [2.24, 2.45) is 0 Å². The summed E-state index contributed by atoms with van der Waals surface area (Å²) >= 11 is 0. The van der Waals surface area contributed by atoms with E-state index in [1.54, 1.807) is 0 Å². The van der Waals surface area contributed by atoms with Gasteiger partial charge in [-0.2, -0.15) is 5.48 Å². The van der Waals surface area contributed by atoms with Crippen LogP contribution in [0.5, 0.6) is 0 Å². The number of rotatable bonds is 15. The van der Waals surface area contributed by atoms with Gasteiger partial charge in [0, 0.05) is 13.0 Å². The van der Waals surface area contributed by atoms with Gasteiger partial charge in [-0.05, 0) is 38.8 Å². The Morgan fingerprint density at radius 1 is 0.842 bits per heavy atom. The number of unbranched alkanes of at least 4 members (excludes halogenated alkanes) is 6. The number of hydroxylamine groups is 1. The summed E-state index contributed by atoms with van der Waals surface area (Å²) in [7, 11) is 0. The third-order valence-corrected chi connectivity index (χ3v) is 2.94. The molecule has 0 saturated heterocycles. The van der Waals surface area contributed by atoms with Crippen LogP contribution in [0, 0.1) is 0 Å². The highest BCUT2D eigenvalue weighted by atomic mass is 17.2. The first kappa shape index (κ1) is 18.3. The van der Waals surface area contributed by atoms with Crippen molar-refractivity contribution in [2.45, 2.75) is 57.8 Å². The number of carboxylic acid groups (broad SMARTS) is 1. The number of carboxylic acids is 1. The van der Waals surface area contributed by atoms with E-state index >= 15 is 0 Å². The van der Waals surface area contributed by atoms with Crippen LogP contribution in [0.2, 0.25) is 0 Å². The molecule has 4 N–H and O–H groups in total. The molecule has 0 aromatic carbocycles. The number of nitrogens with one attached hydrogen (secondary N) is 2. The van der Waals surface area contributed by atoms with E-state index in [1.165, 1.54) is 19.3 Å². The van der Waals surface area contributed by atoms with Crippen molar-refractivity contribution in [1.82, 2.24) is 10.8 Å². The fourth-order valence-electron chi connectivity index (χ4n) is 1.85. The number of hydrogen-bond acceptors (Lipinski definition) is 5. The second kappa shape index (κ2) is 15.4. The largest absolute Gasteiger partial charge is 0.481 e. The second-order valence-electron chi connectivity index (χ2n) is 4.71. The topological polar surface area (TPSA) is 90.8 Å². The van der Waals surface area contributed by atoms with Gasteiger partial charge in [-0.15, -0.1) is 4.99 Å². The van der Waals surface area contributed by atoms with Gasteiger partial charge in [0.2, 0.25) is 0 Å². The lowest BCUT2D eigenvalue weighted by Gasteiger charge is -2.05. The first-order valence-corrected chi connectivity index (χ1v) is 7.23. The van der Waals surface area contributed by atoms with Gasteiger partial charge < -0.3 is 10.4 Å². The van der Waals surface area contributed by atoms with E-state index in [2.05, 4.69) is 15.8 Å². The summed E-state index contributed by atoms with van der Waals surface area (Å²) < 4.78 is 0.